The number of ether oxygens (including phenoxy) is 1. The first-order chi connectivity index (χ1) is 14.3. The normalized spacial score (nSPS) is 13.7. The Kier molecular flexibility index (Phi) is 5.93. The Morgan fingerprint density at radius 3 is 2.23 bits per heavy atom. The van der Waals surface area contributed by atoms with Crippen molar-refractivity contribution in [3.8, 4) is 6.07 Å². The largest absolute Gasteiger partial charge is 0.457 e. The molecule has 0 atom stereocenters. The first-order valence-corrected chi connectivity index (χ1v) is 9.28. The van der Waals surface area contributed by atoms with E-state index in [4.69, 9.17) is 15.7 Å². The number of nitriles is 1. The van der Waals surface area contributed by atoms with Crippen LogP contribution in [0.4, 0.5) is 0 Å². The molecule has 152 valence electrons. The summed E-state index contributed by atoms with van der Waals surface area (Å²) in [5.41, 5.74) is 6.13. The summed E-state index contributed by atoms with van der Waals surface area (Å²) in [5.74, 6) is -2.17. The van der Waals surface area contributed by atoms with Gasteiger partial charge in [0.25, 0.3) is 11.8 Å². The minimum absolute atomic E-state index is 0.0384. The molecular weight excluding hydrogens is 386 g/mol. The van der Waals surface area contributed by atoms with Gasteiger partial charge in [-0.25, -0.2) is 0 Å². The van der Waals surface area contributed by atoms with Gasteiger partial charge in [0.15, 0.2) is 6.61 Å². The van der Waals surface area contributed by atoms with Crippen LogP contribution in [0, 0.1) is 11.3 Å². The molecule has 1 heterocycles. The number of imide groups is 1. The van der Waals surface area contributed by atoms with E-state index >= 15 is 0 Å². The van der Waals surface area contributed by atoms with Crippen LogP contribution in [0.25, 0.3) is 10.8 Å². The van der Waals surface area contributed by atoms with E-state index in [0.29, 0.717) is 16.5 Å². The number of benzene rings is 2. The fourth-order valence-corrected chi connectivity index (χ4v) is 3.33. The maximum Gasteiger partial charge on any atom is 0.306 e. The summed E-state index contributed by atoms with van der Waals surface area (Å²) >= 11 is 0. The van der Waals surface area contributed by atoms with Crippen LogP contribution < -0.4 is 5.73 Å². The van der Waals surface area contributed by atoms with Crippen molar-refractivity contribution in [3.05, 3.63) is 58.8 Å². The lowest BCUT2D eigenvalue weighted by Gasteiger charge is -2.27. The van der Waals surface area contributed by atoms with E-state index in [1.54, 1.807) is 30.3 Å². The molecule has 3 rings (SSSR count). The van der Waals surface area contributed by atoms with Crippen molar-refractivity contribution in [2.45, 2.75) is 19.8 Å². The minimum atomic E-state index is -0.683. The van der Waals surface area contributed by atoms with Crippen LogP contribution in [0.15, 0.2) is 47.7 Å². The first kappa shape index (κ1) is 20.7. The lowest BCUT2D eigenvalue weighted by atomic mass is 9.94. The molecule has 0 aliphatic carbocycles. The van der Waals surface area contributed by atoms with Crippen molar-refractivity contribution in [1.29, 1.82) is 5.26 Å². The Bertz CT molecular complexity index is 1090. The van der Waals surface area contributed by atoms with Gasteiger partial charge < -0.3 is 10.5 Å². The summed E-state index contributed by atoms with van der Waals surface area (Å²) < 4.78 is 4.87. The van der Waals surface area contributed by atoms with Gasteiger partial charge in [0.05, 0.1) is 0 Å². The Morgan fingerprint density at radius 1 is 1.10 bits per heavy atom. The number of nitrogens with two attached hydrogens (primary N) is 1. The molecule has 1 aliphatic heterocycles. The number of amides is 2. The Hall–Kier alpha value is -3.99. The number of rotatable bonds is 7. The van der Waals surface area contributed by atoms with Gasteiger partial charge >= 0.3 is 5.97 Å². The number of esters is 1. The second-order valence-corrected chi connectivity index (χ2v) is 6.83. The third-order valence-electron chi connectivity index (χ3n) is 4.77. The van der Waals surface area contributed by atoms with Crippen LogP contribution in [0.1, 0.15) is 40.5 Å². The molecule has 0 bridgehead atoms. The highest BCUT2D eigenvalue weighted by molar-refractivity contribution is 6.25. The fraction of sp³-hybridized carbons (Fsp3) is 0.227. The van der Waals surface area contributed by atoms with E-state index in [-0.39, 0.29) is 30.7 Å². The third kappa shape index (κ3) is 3.91. The number of Topliss-reactive ketones (excluding diaryl/α,β-unsaturated/α-hetero) is 1. The van der Waals surface area contributed by atoms with E-state index in [1.807, 2.05) is 12.1 Å². The van der Waals surface area contributed by atoms with E-state index < -0.39 is 30.2 Å². The maximum absolute atomic E-state index is 12.8. The molecule has 1 aliphatic rings. The number of carbonyl (C=O) groups excluding carboxylic acids is 4. The van der Waals surface area contributed by atoms with Crippen molar-refractivity contribution < 1.29 is 23.9 Å². The van der Waals surface area contributed by atoms with Gasteiger partial charge in [-0.3, -0.25) is 24.1 Å². The van der Waals surface area contributed by atoms with Crippen LogP contribution in [0.2, 0.25) is 0 Å². The third-order valence-corrected chi connectivity index (χ3v) is 4.77. The monoisotopic (exact) mass is 405 g/mol. The van der Waals surface area contributed by atoms with Crippen LogP contribution in [0.3, 0.4) is 0 Å². The van der Waals surface area contributed by atoms with Crippen molar-refractivity contribution in [1.82, 2.24) is 4.90 Å². The number of ketones is 1. The topological polar surface area (TPSA) is 131 Å². The summed E-state index contributed by atoms with van der Waals surface area (Å²) in [7, 11) is 0. The summed E-state index contributed by atoms with van der Waals surface area (Å²) in [5, 5.41) is 10.3. The summed E-state index contributed by atoms with van der Waals surface area (Å²) in [4.78, 5) is 50.4. The molecule has 2 aromatic rings. The second-order valence-electron chi connectivity index (χ2n) is 6.83. The van der Waals surface area contributed by atoms with Gasteiger partial charge in [-0.2, -0.15) is 5.26 Å². The van der Waals surface area contributed by atoms with Crippen molar-refractivity contribution >= 4 is 34.3 Å². The fourth-order valence-electron chi connectivity index (χ4n) is 3.33. The quantitative estimate of drug-likeness (QED) is 0.323. The predicted molar refractivity (Wildman–Crippen MR) is 107 cm³/mol. The molecule has 0 radical (unpaired) electrons. The van der Waals surface area contributed by atoms with Gasteiger partial charge in [-0.05, 0) is 30.9 Å². The standard InChI is InChI=1S/C22H19N3O5/c1-13(24)17(11-23)18(26)12-30-19(27)9-4-10-25-21(28)15-7-2-5-14-6-3-8-16(20(14)15)22(25)29/h2-3,5-8H,4,9-10,12,24H2,1H3/b17-13+. The molecule has 2 amide bonds. The lowest BCUT2D eigenvalue weighted by molar-refractivity contribution is -0.147. The van der Waals surface area contributed by atoms with Crippen molar-refractivity contribution in [3.63, 3.8) is 0 Å². The molecule has 0 saturated carbocycles. The molecule has 0 aromatic heterocycles. The zero-order chi connectivity index (χ0) is 21.8. The average Bonchev–Trinajstić information content (AvgIpc) is 2.73. The summed E-state index contributed by atoms with van der Waals surface area (Å²) in [6.07, 6.45) is 0.0862. The molecule has 8 nitrogen and oxygen atoms in total. The molecular formula is C22H19N3O5. The Morgan fingerprint density at radius 2 is 1.70 bits per heavy atom. The zero-order valence-electron chi connectivity index (χ0n) is 16.3. The number of allylic oxidation sites excluding steroid dienone is 1. The molecule has 8 heteroatoms. The molecule has 0 spiro atoms. The molecule has 30 heavy (non-hydrogen) atoms. The van der Waals surface area contributed by atoms with E-state index in [9.17, 15) is 19.2 Å². The van der Waals surface area contributed by atoms with Crippen LogP contribution in [-0.4, -0.2) is 41.6 Å². The number of hydrogen-bond donors (Lipinski definition) is 1. The first-order valence-electron chi connectivity index (χ1n) is 9.28. The molecule has 2 aromatic carbocycles. The summed E-state index contributed by atoms with van der Waals surface area (Å²) in [6.45, 7) is 0.855. The Balaban J connectivity index is 1.59. The summed E-state index contributed by atoms with van der Waals surface area (Å²) in [6, 6.07) is 12.2. The average molecular weight is 405 g/mol. The van der Waals surface area contributed by atoms with Gasteiger partial charge in [0.2, 0.25) is 5.78 Å². The minimum Gasteiger partial charge on any atom is -0.457 e. The number of nitrogens with zero attached hydrogens (tertiary/aromatic N) is 2. The SMILES string of the molecule is C/C(N)=C(/C#N)C(=O)COC(=O)CCCN1C(=O)c2cccc3cccc(c23)C1=O. The lowest BCUT2D eigenvalue weighted by Crippen LogP contribution is -2.41. The molecule has 0 fully saturated rings. The van der Waals surface area contributed by atoms with Crippen molar-refractivity contribution in [2.24, 2.45) is 5.73 Å². The second kappa shape index (κ2) is 8.57. The Labute approximate surface area is 172 Å². The van der Waals surface area contributed by atoms with Crippen LogP contribution in [0.5, 0.6) is 0 Å². The predicted octanol–water partition coefficient (Wildman–Crippen LogP) is 2.08. The molecule has 0 saturated heterocycles. The van der Waals surface area contributed by atoms with E-state index in [0.717, 1.165) is 10.3 Å². The highest BCUT2D eigenvalue weighted by Gasteiger charge is 2.32. The molecule has 2 N–H and O–H groups in total. The van der Waals surface area contributed by atoms with Crippen LogP contribution >= 0.6 is 0 Å². The number of hydrogen-bond acceptors (Lipinski definition) is 7. The van der Waals surface area contributed by atoms with Crippen LogP contribution in [-0.2, 0) is 14.3 Å². The highest BCUT2D eigenvalue weighted by Crippen LogP contribution is 2.30. The molecule has 0 unspecified atom stereocenters. The van der Waals surface area contributed by atoms with Gasteiger partial charge in [-0.1, -0.05) is 24.3 Å². The maximum atomic E-state index is 12.8. The van der Waals surface area contributed by atoms with E-state index in [1.165, 1.54) is 6.92 Å². The number of carbonyl (C=O) groups is 4. The van der Waals surface area contributed by atoms with Gasteiger partial charge in [0, 0.05) is 35.2 Å². The smallest absolute Gasteiger partial charge is 0.306 e. The van der Waals surface area contributed by atoms with Crippen molar-refractivity contribution in [2.75, 3.05) is 13.2 Å². The zero-order valence-corrected chi connectivity index (χ0v) is 16.3. The van der Waals surface area contributed by atoms with Gasteiger partial charge in [0.1, 0.15) is 11.6 Å². The van der Waals surface area contributed by atoms with E-state index in [2.05, 4.69) is 0 Å². The highest BCUT2D eigenvalue weighted by atomic mass is 16.5. The van der Waals surface area contributed by atoms with Gasteiger partial charge in [-0.15, -0.1) is 0 Å².